The molecule has 2 heterocycles. The number of hydrogen-bond acceptors (Lipinski definition) is 1. The predicted octanol–water partition coefficient (Wildman–Crippen LogP) is 3.02. The minimum Gasteiger partial charge on any atom is -0.348 e. The molecule has 0 radical (unpaired) electrons. The minimum atomic E-state index is 0.182. The van der Waals surface area contributed by atoms with Gasteiger partial charge in [0.2, 0.25) is 5.91 Å². The Bertz CT molecular complexity index is 588. The Balaban J connectivity index is 1.64. The molecule has 1 aromatic carbocycles. The summed E-state index contributed by atoms with van der Waals surface area (Å²) in [4.78, 5) is 14.4. The molecule has 3 heteroatoms. The third kappa shape index (κ3) is 2.48. The maximum absolute atomic E-state index is 12.4. The van der Waals surface area contributed by atoms with Crippen molar-refractivity contribution in [3.63, 3.8) is 0 Å². The summed E-state index contributed by atoms with van der Waals surface area (Å²) in [5, 5.41) is 0. The Morgan fingerprint density at radius 2 is 1.95 bits per heavy atom. The summed E-state index contributed by atoms with van der Waals surface area (Å²) < 4.78 is 2.24. The van der Waals surface area contributed by atoms with Crippen LogP contribution in [0.25, 0.3) is 0 Å². The maximum atomic E-state index is 12.4. The lowest BCUT2D eigenvalue weighted by Gasteiger charge is -2.35. The number of benzene rings is 1. The van der Waals surface area contributed by atoms with Crippen LogP contribution in [0, 0.1) is 0 Å². The fourth-order valence-electron chi connectivity index (χ4n) is 2.96. The molecule has 0 N–H and O–H groups in total. The van der Waals surface area contributed by atoms with Crippen LogP contribution in [-0.4, -0.2) is 21.9 Å². The second kappa shape index (κ2) is 5.53. The van der Waals surface area contributed by atoms with Crippen LogP contribution >= 0.6 is 0 Å². The number of aromatic nitrogens is 1. The van der Waals surface area contributed by atoms with Gasteiger partial charge in [-0.1, -0.05) is 30.3 Å². The Morgan fingerprint density at radius 3 is 2.75 bits per heavy atom. The van der Waals surface area contributed by atoms with Gasteiger partial charge in [-0.3, -0.25) is 4.79 Å². The van der Waals surface area contributed by atoms with Crippen molar-refractivity contribution in [2.75, 3.05) is 6.54 Å². The molecule has 1 aromatic heterocycles. The molecule has 2 aromatic rings. The molecule has 0 spiro atoms. The number of carbonyl (C=O) groups is 1. The van der Waals surface area contributed by atoms with Crippen molar-refractivity contribution < 1.29 is 4.79 Å². The molecule has 20 heavy (non-hydrogen) atoms. The summed E-state index contributed by atoms with van der Waals surface area (Å²) in [6.45, 7) is 3.84. The van der Waals surface area contributed by atoms with Crippen LogP contribution in [0.2, 0.25) is 0 Å². The van der Waals surface area contributed by atoms with E-state index in [1.807, 2.05) is 23.1 Å². The predicted molar refractivity (Wildman–Crippen MR) is 79.3 cm³/mol. The average molecular weight is 268 g/mol. The van der Waals surface area contributed by atoms with Gasteiger partial charge in [0.15, 0.2) is 0 Å². The molecule has 0 aliphatic carbocycles. The second-order valence-corrected chi connectivity index (χ2v) is 5.38. The van der Waals surface area contributed by atoms with E-state index in [0.717, 1.165) is 19.5 Å². The smallest absolute Gasteiger partial charge is 0.223 e. The lowest BCUT2D eigenvalue weighted by Crippen LogP contribution is -2.40. The monoisotopic (exact) mass is 268 g/mol. The molecule has 0 saturated carbocycles. The van der Waals surface area contributed by atoms with Crippen LogP contribution in [0.3, 0.4) is 0 Å². The van der Waals surface area contributed by atoms with Crippen molar-refractivity contribution in [2.24, 2.45) is 0 Å². The fraction of sp³-hybridized carbons (Fsp3) is 0.353. The number of carbonyl (C=O) groups excluding carboxylic acids is 1. The first-order valence-corrected chi connectivity index (χ1v) is 7.24. The molecule has 1 atom stereocenters. The zero-order chi connectivity index (χ0) is 13.9. The second-order valence-electron chi connectivity index (χ2n) is 5.38. The first kappa shape index (κ1) is 13.0. The summed E-state index contributed by atoms with van der Waals surface area (Å²) >= 11 is 0. The Morgan fingerprint density at radius 1 is 1.15 bits per heavy atom. The number of aryl methyl sites for hydroxylation is 1. The maximum Gasteiger partial charge on any atom is 0.223 e. The molecular weight excluding hydrogens is 248 g/mol. The average Bonchev–Trinajstić information content (AvgIpc) is 2.96. The number of nitrogens with zero attached hydrogens (tertiary/aromatic N) is 2. The normalized spacial score (nSPS) is 17.9. The van der Waals surface area contributed by atoms with Crippen LogP contribution in [0.4, 0.5) is 0 Å². The van der Waals surface area contributed by atoms with Gasteiger partial charge in [0.1, 0.15) is 0 Å². The van der Waals surface area contributed by atoms with Gasteiger partial charge in [-0.15, -0.1) is 0 Å². The van der Waals surface area contributed by atoms with Crippen molar-refractivity contribution in [3.8, 4) is 0 Å². The van der Waals surface area contributed by atoms with Crippen molar-refractivity contribution in [3.05, 3.63) is 59.9 Å². The van der Waals surface area contributed by atoms with Crippen LogP contribution in [-0.2, 0) is 17.8 Å². The van der Waals surface area contributed by atoms with E-state index in [0.29, 0.717) is 6.42 Å². The standard InChI is InChI=1S/C17H20N2O/c1-14-16-8-5-11-18(16)12-13-19(14)17(20)10-9-15-6-3-2-4-7-15/h2-8,11,14H,9-10,12-13H2,1H3. The summed E-state index contributed by atoms with van der Waals surface area (Å²) in [7, 11) is 0. The SMILES string of the molecule is CC1c2cccn2CCN1C(=O)CCc1ccccc1. The van der Waals surface area contributed by atoms with Crippen LogP contribution in [0.5, 0.6) is 0 Å². The van der Waals surface area contributed by atoms with Gasteiger partial charge in [-0.2, -0.15) is 0 Å². The first-order valence-electron chi connectivity index (χ1n) is 7.24. The highest BCUT2D eigenvalue weighted by Gasteiger charge is 2.26. The Kier molecular flexibility index (Phi) is 3.59. The van der Waals surface area contributed by atoms with E-state index >= 15 is 0 Å². The molecule has 0 fully saturated rings. The molecule has 0 bridgehead atoms. The summed E-state index contributed by atoms with van der Waals surface area (Å²) in [5.74, 6) is 0.258. The van der Waals surface area contributed by atoms with E-state index in [1.165, 1.54) is 11.3 Å². The fourth-order valence-corrected chi connectivity index (χ4v) is 2.96. The highest BCUT2D eigenvalue weighted by atomic mass is 16.2. The number of hydrogen-bond donors (Lipinski definition) is 0. The van der Waals surface area contributed by atoms with Crippen LogP contribution in [0.15, 0.2) is 48.7 Å². The highest BCUT2D eigenvalue weighted by molar-refractivity contribution is 5.77. The topological polar surface area (TPSA) is 25.2 Å². The first-order chi connectivity index (χ1) is 9.75. The lowest BCUT2D eigenvalue weighted by molar-refractivity contribution is -0.134. The zero-order valence-electron chi connectivity index (χ0n) is 11.8. The molecule has 3 rings (SSSR count). The molecular formula is C17H20N2O. The van der Waals surface area contributed by atoms with Gasteiger partial charge in [-0.05, 0) is 31.0 Å². The van der Waals surface area contributed by atoms with Crippen molar-refractivity contribution in [1.82, 2.24) is 9.47 Å². The van der Waals surface area contributed by atoms with E-state index in [1.54, 1.807) is 0 Å². The van der Waals surface area contributed by atoms with E-state index in [9.17, 15) is 4.79 Å². The lowest BCUT2D eigenvalue weighted by atomic mass is 10.1. The molecule has 1 unspecified atom stereocenters. The van der Waals surface area contributed by atoms with Crippen LogP contribution < -0.4 is 0 Å². The quantitative estimate of drug-likeness (QED) is 0.840. The minimum absolute atomic E-state index is 0.182. The van der Waals surface area contributed by atoms with E-state index in [4.69, 9.17) is 0 Å². The van der Waals surface area contributed by atoms with Crippen molar-refractivity contribution in [1.29, 1.82) is 0 Å². The van der Waals surface area contributed by atoms with Gasteiger partial charge in [-0.25, -0.2) is 0 Å². The van der Waals surface area contributed by atoms with Gasteiger partial charge < -0.3 is 9.47 Å². The zero-order valence-corrected chi connectivity index (χ0v) is 11.8. The van der Waals surface area contributed by atoms with Gasteiger partial charge in [0.25, 0.3) is 0 Å². The summed E-state index contributed by atoms with van der Waals surface area (Å²) in [5.41, 5.74) is 2.47. The highest BCUT2D eigenvalue weighted by Crippen LogP contribution is 2.26. The van der Waals surface area contributed by atoms with Crippen LogP contribution in [0.1, 0.15) is 30.6 Å². The van der Waals surface area contributed by atoms with Crippen molar-refractivity contribution >= 4 is 5.91 Å². The number of fused-ring (bicyclic) bond motifs is 1. The van der Waals surface area contributed by atoms with E-state index in [-0.39, 0.29) is 11.9 Å². The van der Waals surface area contributed by atoms with Crippen molar-refractivity contribution in [2.45, 2.75) is 32.4 Å². The van der Waals surface area contributed by atoms with E-state index in [2.05, 4.69) is 42.0 Å². The molecule has 1 aliphatic rings. The van der Waals surface area contributed by atoms with Gasteiger partial charge >= 0.3 is 0 Å². The molecule has 1 amide bonds. The third-order valence-corrected chi connectivity index (χ3v) is 4.13. The Labute approximate surface area is 119 Å². The summed E-state index contributed by atoms with van der Waals surface area (Å²) in [6, 6.07) is 14.6. The number of amides is 1. The van der Waals surface area contributed by atoms with Gasteiger partial charge in [0.05, 0.1) is 6.04 Å². The largest absolute Gasteiger partial charge is 0.348 e. The summed E-state index contributed by atoms with van der Waals surface area (Å²) in [6.07, 6.45) is 3.51. The third-order valence-electron chi connectivity index (χ3n) is 4.13. The molecule has 104 valence electrons. The van der Waals surface area contributed by atoms with E-state index < -0.39 is 0 Å². The Hall–Kier alpha value is -2.03. The molecule has 1 aliphatic heterocycles. The van der Waals surface area contributed by atoms with Gasteiger partial charge in [0, 0.05) is 31.4 Å². The molecule has 0 saturated heterocycles. The molecule has 3 nitrogen and oxygen atoms in total. The number of rotatable bonds is 3.